The lowest BCUT2D eigenvalue weighted by atomic mass is 10.1. The average Bonchev–Trinajstić information content (AvgIpc) is 2.88. The van der Waals surface area contributed by atoms with Gasteiger partial charge < -0.3 is 11.1 Å². The van der Waals surface area contributed by atoms with E-state index in [-0.39, 0.29) is 11.4 Å². The first-order valence-electron chi connectivity index (χ1n) is 4.88. The van der Waals surface area contributed by atoms with E-state index in [4.69, 9.17) is 5.73 Å². The van der Waals surface area contributed by atoms with E-state index < -0.39 is 0 Å². The maximum absolute atomic E-state index is 11.0. The molecule has 3 N–H and O–H groups in total. The number of anilines is 1. The largest absolute Gasteiger partial charge is 0.325 e. The Hall–Kier alpha value is -0.870. The van der Waals surface area contributed by atoms with Crippen LogP contribution in [0.1, 0.15) is 25.3 Å². The van der Waals surface area contributed by atoms with Crippen LogP contribution in [0.4, 0.5) is 5.69 Å². The van der Waals surface area contributed by atoms with Crippen molar-refractivity contribution in [1.82, 2.24) is 0 Å². The molecule has 1 fully saturated rings. The van der Waals surface area contributed by atoms with Crippen LogP contribution in [0.5, 0.6) is 0 Å². The Morgan fingerprint density at radius 3 is 2.73 bits per heavy atom. The van der Waals surface area contributed by atoms with Crippen molar-refractivity contribution in [2.24, 2.45) is 5.73 Å². The standard InChI is InChI=1S/C11H13BrN2O/c1-7(15)14-10-6-8(2-3-9(10)12)11(13)4-5-11/h2-3,6H,4-5,13H2,1H3,(H,14,15). The predicted molar refractivity (Wildman–Crippen MR) is 63.5 cm³/mol. The van der Waals surface area contributed by atoms with E-state index in [1.807, 2.05) is 18.2 Å². The Morgan fingerprint density at radius 2 is 2.20 bits per heavy atom. The first-order valence-corrected chi connectivity index (χ1v) is 5.67. The number of carbonyl (C=O) groups excluding carboxylic acids is 1. The highest BCUT2D eigenvalue weighted by Gasteiger charge is 2.40. The van der Waals surface area contributed by atoms with E-state index in [9.17, 15) is 4.79 Å². The van der Waals surface area contributed by atoms with Gasteiger partial charge in [-0.2, -0.15) is 0 Å². The molecule has 0 bridgehead atoms. The van der Waals surface area contributed by atoms with Crippen molar-refractivity contribution in [3.8, 4) is 0 Å². The van der Waals surface area contributed by atoms with E-state index in [2.05, 4.69) is 21.2 Å². The second-order valence-electron chi connectivity index (χ2n) is 4.03. The molecule has 80 valence electrons. The molecule has 0 heterocycles. The molecule has 0 aliphatic heterocycles. The van der Waals surface area contributed by atoms with Gasteiger partial charge in [0, 0.05) is 16.9 Å². The quantitative estimate of drug-likeness (QED) is 0.865. The number of benzene rings is 1. The molecule has 1 aliphatic rings. The summed E-state index contributed by atoms with van der Waals surface area (Å²) in [5.41, 5.74) is 7.81. The zero-order valence-corrected chi connectivity index (χ0v) is 10.1. The fourth-order valence-electron chi connectivity index (χ4n) is 1.54. The minimum Gasteiger partial charge on any atom is -0.325 e. The van der Waals surface area contributed by atoms with Gasteiger partial charge in [0.15, 0.2) is 0 Å². The third-order valence-corrected chi connectivity index (χ3v) is 3.33. The van der Waals surface area contributed by atoms with Crippen molar-refractivity contribution in [3.05, 3.63) is 28.2 Å². The summed E-state index contributed by atoms with van der Waals surface area (Å²) in [5.74, 6) is -0.0743. The number of rotatable bonds is 2. The monoisotopic (exact) mass is 268 g/mol. The molecule has 1 aromatic rings. The normalized spacial score (nSPS) is 17.3. The first kappa shape index (κ1) is 10.6. The molecule has 1 saturated carbocycles. The van der Waals surface area contributed by atoms with Gasteiger partial charge in [0.2, 0.25) is 5.91 Å². The molecule has 15 heavy (non-hydrogen) atoms. The van der Waals surface area contributed by atoms with Crippen LogP contribution in [0.15, 0.2) is 22.7 Å². The van der Waals surface area contributed by atoms with Gasteiger partial charge in [-0.25, -0.2) is 0 Å². The first-order chi connectivity index (χ1) is 7.01. The minimum absolute atomic E-state index is 0.0743. The Morgan fingerprint density at radius 1 is 1.53 bits per heavy atom. The van der Waals surface area contributed by atoms with Crippen LogP contribution in [0.3, 0.4) is 0 Å². The third kappa shape index (κ3) is 2.21. The highest BCUT2D eigenvalue weighted by atomic mass is 79.9. The molecule has 3 nitrogen and oxygen atoms in total. The summed E-state index contributed by atoms with van der Waals surface area (Å²) >= 11 is 3.39. The zero-order valence-electron chi connectivity index (χ0n) is 8.51. The van der Waals surface area contributed by atoms with E-state index in [1.54, 1.807) is 0 Å². The Labute approximate surface area is 97.2 Å². The van der Waals surface area contributed by atoms with E-state index in [0.29, 0.717) is 0 Å². The third-order valence-electron chi connectivity index (χ3n) is 2.64. The summed E-state index contributed by atoms with van der Waals surface area (Å²) in [6.07, 6.45) is 2.04. The lowest BCUT2D eigenvalue weighted by molar-refractivity contribution is -0.114. The summed E-state index contributed by atoms with van der Waals surface area (Å²) in [4.78, 5) is 11.0. The lowest BCUT2D eigenvalue weighted by Crippen LogP contribution is -2.19. The molecular weight excluding hydrogens is 256 g/mol. The molecule has 0 spiro atoms. The molecule has 0 unspecified atom stereocenters. The summed E-state index contributed by atoms with van der Waals surface area (Å²) in [6.45, 7) is 1.49. The Balaban J connectivity index is 2.32. The fourth-order valence-corrected chi connectivity index (χ4v) is 1.89. The van der Waals surface area contributed by atoms with Gasteiger partial charge in [-0.3, -0.25) is 4.79 Å². The number of halogens is 1. The molecule has 4 heteroatoms. The summed E-state index contributed by atoms with van der Waals surface area (Å²) in [6, 6.07) is 5.87. The summed E-state index contributed by atoms with van der Waals surface area (Å²) in [5, 5.41) is 2.77. The Kier molecular flexibility index (Phi) is 2.56. The average molecular weight is 269 g/mol. The molecule has 0 atom stereocenters. The van der Waals surface area contributed by atoms with E-state index in [1.165, 1.54) is 6.92 Å². The maximum atomic E-state index is 11.0. The number of nitrogens with two attached hydrogens (primary N) is 1. The van der Waals surface area contributed by atoms with Gasteiger partial charge in [0.1, 0.15) is 0 Å². The molecule has 1 amide bonds. The molecule has 0 radical (unpaired) electrons. The van der Waals surface area contributed by atoms with Gasteiger partial charge in [-0.1, -0.05) is 6.07 Å². The fraction of sp³-hybridized carbons (Fsp3) is 0.364. The van der Waals surface area contributed by atoms with Crippen molar-refractivity contribution in [3.63, 3.8) is 0 Å². The predicted octanol–water partition coefficient (Wildman–Crippen LogP) is 2.36. The number of hydrogen-bond acceptors (Lipinski definition) is 2. The van der Waals surface area contributed by atoms with Crippen molar-refractivity contribution in [2.75, 3.05) is 5.32 Å². The van der Waals surface area contributed by atoms with Gasteiger partial charge in [-0.15, -0.1) is 0 Å². The maximum Gasteiger partial charge on any atom is 0.221 e. The van der Waals surface area contributed by atoms with Gasteiger partial charge in [0.05, 0.1) is 5.69 Å². The second kappa shape index (κ2) is 3.61. The van der Waals surface area contributed by atoms with Crippen molar-refractivity contribution in [1.29, 1.82) is 0 Å². The van der Waals surface area contributed by atoms with Crippen LogP contribution in [0.25, 0.3) is 0 Å². The van der Waals surface area contributed by atoms with Gasteiger partial charge >= 0.3 is 0 Å². The number of nitrogens with one attached hydrogen (secondary N) is 1. The lowest BCUT2D eigenvalue weighted by Gasteiger charge is -2.12. The van der Waals surface area contributed by atoms with E-state index >= 15 is 0 Å². The van der Waals surface area contributed by atoms with Crippen LogP contribution in [-0.2, 0) is 10.3 Å². The SMILES string of the molecule is CC(=O)Nc1cc(C2(N)CC2)ccc1Br. The molecule has 0 aromatic heterocycles. The molecule has 2 rings (SSSR count). The highest BCUT2D eigenvalue weighted by Crippen LogP contribution is 2.44. The highest BCUT2D eigenvalue weighted by molar-refractivity contribution is 9.10. The van der Waals surface area contributed by atoms with Crippen molar-refractivity contribution < 1.29 is 4.79 Å². The number of hydrogen-bond donors (Lipinski definition) is 2. The zero-order chi connectivity index (χ0) is 11.1. The van der Waals surface area contributed by atoms with Crippen molar-refractivity contribution >= 4 is 27.5 Å². The Bertz CT molecular complexity index is 413. The minimum atomic E-state index is -0.159. The molecule has 1 aliphatic carbocycles. The summed E-state index contributed by atoms with van der Waals surface area (Å²) in [7, 11) is 0. The summed E-state index contributed by atoms with van der Waals surface area (Å²) < 4.78 is 0.880. The molecule has 1 aromatic carbocycles. The molecular formula is C11H13BrN2O. The van der Waals surface area contributed by atoms with Crippen LogP contribution >= 0.6 is 15.9 Å². The smallest absolute Gasteiger partial charge is 0.221 e. The van der Waals surface area contributed by atoms with E-state index in [0.717, 1.165) is 28.6 Å². The van der Waals surface area contributed by atoms with Gasteiger partial charge in [0.25, 0.3) is 0 Å². The van der Waals surface area contributed by atoms with Crippen molar-refractivity contribution in [2.45, 2.75) is 25.3 Å². The topological polar surface area (TPSA) is 55.1 Å². The van der Waals surface area contributed by atoms with Crippen LogP contribution < -0.4 is 11.1 Å². The second-order valence-corrected chi connectivity index (χ2v) is 4.89. The van der Waals surface area contributed by atoms with Crippen LogP contribution in [-0.4, -0.2) is 5.91 Å². The van der Waals surface area contributed by atoms with Crippen LogP contribution in [0.2, 0.25) is 0 Å². The number of amides is 1. The number of carbonyl (C=O) groups is 1. The van der Waals surface area contributed by atoms with Gasteiger partial charge in [-0.05, 0) is 46.5 Å². The molecule has 0 saturated heterocycles. The van der Waals surface area contributed by atoms with Crippen LogP contribution in [0, 0.1) is 0 Å².